The lowest BCUT2D eigenvalue weighted by atomic mass is 10.1. The fourth-order valence-corrected chi connectivity index (χ4v) is 4.03. The van der Waals surface area contributed by atoms with Crippen LogP contribution in [0.4, 0.5) is 5.69 Å². The van der Waals surface area contributed by atoms with Crippen molar-refractivity contribution in [3.63, 3.8) is 0 Å². The summed E-state index contributed by atoms with van der Waals surface area (Å²) in [5.41, 5.74) is 2.82. The monoisotopic (exact) mass is 449 g/mol. The highest BCUT2D eigenvalue weighted by atomic mass is 32.2. The van der Waals surface area contributed by atoms with Crippen molar-refractivity contribution >= 4 is 21.6 Å². The summed E-state index contributed by atoms with van der Waals surface area (Å²) < 4.78 is 30.8. The number of non-ortho nitro benzene ring substituents is 1. The van der Waals surface area contributed by atoms with Gasteiger partial charge in [-0.25, -0.2) is 8.42 Å². The molecule has 9 nitrogen and oxygen atoms in total. The van der Waals surface area contributed by atoms with Crippen molar-refractivity contribution in [2.24, 2.45) is 0 Å². The number of nitrogens with one attached hydrogen (secondary N) is 2. The Kier molecular flexibility index (Phi) is 8.52. The van der Waals surface area contributed by atoms with E-state index in [0.717, 1.165) is 31.7 Å². The summed E-state index contributed by atoms with van der Waals surface area (Å²) in [6.07, 6.45) is 4.36. The van der Waals surface area contributed by atoms with Crippen LogP contribution in [0.3, 0.4) is 0 Å². The van der Waals surface area contributed by atoms with E-state index in [1.807, 2.05) is 4.83 Å². The van der Waals surface area contributed by atoms with Crippen LogP contribution < -0.4 is 15.0 Å². The zero-order chi connectivity index (χ0) is 23.0. The zero-order valence-corrected chi connectivity index (χ0v) is 18.6. The summed E-state index contributed by atoms with van der Waals surface area (Å²) in [5.74, 6) is -0.0470. The van der Waals surface area contributed by atoms with E-state index in [1.165, 1.54) is 25.1 Å². The van der Waals surface area contributed by atoms with Gasteiger partial charge in [0.2, 0.25) is 0 Å². The molecule has 0 unspecified atom stereocenters. The molecule has 2 aromatic carbocycles. The fourth-order valence-electron chi connectivity index (χ4n) is 2.86. The van der Waals surface area contributed by atoms with Gasteiger partial charge in [0.1, 0.15) is 5.75 Å². The molecule has 0 aromatic heterocycles. The van der Waals surface area contributed by atoms with Gasteiger partial charge in [0.05, 0.1) is 16.4 Å². The molecule has 10 heteroatoms. The third kappa shape index (κ3) is 6.76. The first kappa shape index (κ1) is 24.3. The van der Waals surface area contributed by atoms with E-state index in [0.29, 0.717) is 23.5 Å². The number of nitro groups is 1. The minimum absolute atomic E-state index is 0.230. The number of amides is 1. The van der Waals surface area contributed by atoms with Gasteiger partial charge in [-0.15, -0.1) is 4.83 Å². The lowest BCUT2D eigenvalue weighted by molar-refractivity contribution is -0.385. The van der Waals surface area contributed by atoms with E-state index in [9.17, 15) is 23.3 Å². The van der Waals surface area contributed by atoms with Gasteiger partial charge in [-0.2, -0.15) is 0 Å². The summed E-state index contributed by atoms with van der Waals surface area (Å²) in [6, 6.07) is 8.57. The molecule has 0 radical (unpaired) electrons. The molecule has 0 saturated carbocycles. The highest BCUT2D eigenvalue weighted by Crippen LogP contribution is 2.25. The molecule has 0 spiro atoms. The van der Waals surface area contributed by atoms with Gasteiger partial charge < -0.3 is 4.74 Å². The number of carbonyl (C=O) groups is 1. The second kappa shape index (κ2) is 10.9. The summed E-state index contributed by atoms with van der Waals surface area (Å²) in [5, 5.41) is 11.0. The van der Waals surface area contributed by atoms with Gasteiger partial charge in [-0.05, 0) is 55.7 Å². The number of carbonyl (C=O) groups excluding carboxylic acids is 1. The molecule has 0 saturated heterocycles. The maximum absolute atomic E-state index is 12.6. The van der Waals surface area contributed by atoms with Gasteiger partial charge in [-0.1, -0.05) is 26.2 Å². The minimum atomic E-state index is -4.21. The Morgan fingerprint density at radius 3 is 2.39 bits per heavy atom. The van der Waals surface area contributed by atoms with Crippen LogP contribution in [-0.4, -0.2) is 25.9 Å². The Hall–Kier alpha value is -2.98. The van der Waals surface area contributed by atoms with E-state index in [2.05, 4.69) is 12.3 Å². The van der Waals surface area contributed by atoms with Crippen molar-refractivity contribution < 1.29 is 22.9 Å². The molecular weight excluding hydrogens is 422 g/mol. The van der Waals surface area contributed by atoms with E-state index < -0.39 is 20.9 Å². The molecule has 0 aliphatic carbocycles. The maximum atomic E-state index is 12.6. The number of nitro benzene ring substituents is 1. The molecule has 1 amide bonds. The number of sulfonamides is 1. The van der Waals surface area contributed by atoms with Gasteiger partial charge in [0.25, 0.3) is 21.6 Å². The smallest absolute Gasteiger partial charge is 0.271 e. The van der Waals surface area contributed by atoms with Crippen molar-refractivity contribution in [2.45, 2.75) is 51.3 Å². The Morgan fingerprint density at radius 1 is 1.10 bits per heavy atom. The average molecular weight is 450 g/mol. The summed E-state index contributed by atoms with van der Waals surface area (Å²) in [4.78, 5) is 24.4. The van der Waals surface area contributed by atoms with Gasteiger partial charge in [0, 0.05) is 17.7 Å². The minimum Gasteiger partial charge on any atom is -0.494 e. The highest BCUT2D eigenvalue weighted by Gasteiger charge is 2.23. The molecule has 168 valence electrons. The normalized spacial score (nSPS) is 11.2. The molecule has 0 atom stereocenters. The van der Waals surface area contributed by atoms with Crippen LogP contribution in [0, 0.1) is 24.0 Å². The summed E-state index contributed by atoms with van der Waals surface area (Å²) in [6.45, 7) is 5.84. The number of rotatable bonds is 11. The van der Waals surface area contributed by atoms with Gasteiger partial charge in [-0.3, -0.25) is 20.3 Å². The predicted octanol–water partition coefficient (Wildman–Crippen LogP) is 3.79. The maximum Gasteiger partial charge on any atom is 0.271 e. The standard InChI is InChI=1S/C21H27N3O6S/c1-4-5-6-7-12-30-19-10-8-17(9-11-19)21(25)22-23-31(28,29)20-14-18(24(26)27)13-15(2)16(20)3/h8-11,13-14,23H,4-7,12H2,1-3H3,(H,22,25). The second-order valence-corrected chi connectivity index (χ2v) is 8.79. The third-order valence-electron chi connectivity index (χ3n) is 4.79. The molecule has 2 aromatic rings. The number of hydrogen-bond donors (Lipinski definition) is 2. The molecule has 0 heterocycles. The Bertz CT molecular complexity index is 1040. The van der Waals surface area contributed by atoms with Crippen LogP contribution in [0.15, 0.2) is 41.3 Å². The molecular formula is C21H27N3O6S. The van der Waals surface area contributed by atoms with Gasteiger partial charge in [0.15, 0.2) is 0 Å². The summed E-state index contributed by atoms with van der Waals surface area (Å²) >= 11 is 0. The summed E-state index contributed by atoms with van der Waals surface area (Å²) in [7, 11) is -4.21. The van der Waals surface area contributed by atoms with E-state index >= 15 is 0 Å². The first-order valence-corrected chi connectivity index (χ1v) is 11.4. The molecule has 0 aliphatic heterocycles. The lowest BCUT2D eigenvalue weighted by Gasteiger charge is -2.12. The average Bonchev–Trinajstić information content (AvgIpc) is 2.74. The quantitative estimate of drug-likeness (QED) is 0.305. The largest absolute Gasteiger partial charge is 0.494 e. The Morgan fingerprint density at radius 2 is 1.77 bits per heavy atom. The third-order valence-corrected chi connectivity index (χ3v) is 6.16. The number of nitrogens with zero attached hydrogens (tertiary/aromatic N) is 1. The zero-order valence-electron chi connectivity index (χ0n) is 17.8. The number of ether oxygens (including phenoxy) is 1. The topological polar surface area (TPSA) is 128 Å². The van der Waals surface area contributed by atoms with E-state index in [1.54, 1.807) is 19.1 Å². The first-order valence-electron chi connectivity index (χ1n) is 9.96. The molecule has 2 N–H and O–H groups in total. The number of unbranched alkanes of at least 4 members (excludes halogenated alkanes) is 3. The highest BCUT2D eigenvalue weighted by molar-refractivity contribution is 7.89. The Balaban J connectivity index is 2.01. The van der Waals surface area contributed by atoms with Crippen molar-refractivity contribution in [2.75, 3.05) is 6.61 Å². The van der Waals surface area contributed by atoms with E-state index in [4.69, 9.17) is 4.74 Å². The van der Waals surface area contributed by atoms with Crippen LogP contribution in [-0.2, 0) is 10.0 Å². The van der Waals surface area contributed by atoms with Crippen molar-refractivity contribution in [3.8, 4) is 5.75 Å². The van der Waals surface area contributed by atoms with Crippen molar-refractivity contribution in [1.29, 1.82) is 0 Å². The Labute approximate surface area is 182 Å². The molecule has 0 bridgehead atoms. The van der Waals surface area contributed by atoms with Crippen LogP contribution in [0.25, 0.3) is 0 Å². The fraction of sp³-hybridized carbons (Fsp3) is 0.381. The number of benzene rings is 2. The van der Waals surface area contributed by atoms with E-state index in [-0.39, 0.29) is 16.1 Å². The van der Waals surface area contributed by atoms with Crippen LogP contribution in [0.5, 0.6) is 5.75 Å². The molecule has 0 aliphatic rings. The molecule has 0 fully saturated rings. The predicted molar refractivity (Wildman–Crippen MR) is 116 cm³/mol. The van der Waals surface area contributed by atoms with Gasteiger partial charge >= 0.3 is 0 Å². The first-order chi connectivity index (χ1) is 14.7. The number of hydrazine groups is 1. The molecule has 31 heavy (non-hydrogen) atoms. The number of hydrogen-bond acceptors (Lipinski definition) is 6. The van der Waals surface area contributed by atoms with Crippen molar-refractivity contribution in [1.82, 2.24) is 10.3 Å². The van der Waals surface area contributed by atoms with Crippen LogP contribution in [0.1, 0.15) is 54.1 Å². The molecule has 2 rings (SSSR count). The second-order valence-electron chi connectivity index (χ2n) is 7.14. The van der Waals surface area contributed by atoms with Crippen LogP contribution in [0.2, 0.25) is 0 Å². The number of aryl methyl sites for hydroxylation is 1. The lowest BCUT2D eigenvalue weighted by Crippen LogP contribution is -2.41. The van der Waals surface area contributed by atoms with Crippen LogP contribution >= 0.6 is 0 Å². The SMILES string of the molecule is CCCCCCOc1ccc(C(=O)NNS(=O)(=O)c2cc([N+](=O)[O-])cc(C)c2C)cc1. The van der Waals surface area contributed by atoms with Crippen molar-refractivity contribution in [3.05, 3.63) is 63.2 Å².